The van der Waals surface area contributed by atoms with Crippen molar-refractivity contribution < 1.29 is 13.6 Å². The predicted molar refractivity (Wildman–Crippen MR) is 77.1 cm³/mol. The largest absolute Gasteiger partial charge is 0.344 e. The summed E-state index contributed by atoms with van der Waals surface area (Å²) in [4.78, 5) is 2.24. The van der Waals surface area contributed by atoms with Crippen LogP contribution in [0.2, 0.25) is 0 Å². The summed E-state index contributed by atoms with van der Waals surface area (Å²) in [5, 5.41) is 0. The van der Waals surface area contributed by atoms with E-state index in [1.165, 1.54) is 0 Å². The minimum Gasteiger partial charge on any atom is -0.308 e. The van der Waals surface area contributed by atoms with Gasteiger partial charge in [-0.05, 0) is 40.5 Å². The zero-order valence-corrected chi connectivity index (χ0v) is 13.7. The highest BCUT2D eigenvalue weighted by Gasteiger charge is 2.31. The molecule has 4 nitrogen and oxygen atoms in total. The fourth-order valence-corrected chi connectivity index (χ4v) is 3.88. The second-order valence-electron chi connectivity index (χ2n) is 4.62. The molecule has 0 aromatic heterocycles. The van der Waals surface area contributed by atoms with Crippen LogP contribution in [0.1, 0.15) is 54.4 Å². The average Bonchev–Trinajstić information content (AvgIpc) is 2.34. The van der Waals surface area contributed by atoms with Gasteiger partial charge in [0.15, 0.2) is 0 Å². The molecule has 0 aromatic rings. The van der Waals surface area contributed by atoms with Gasteiger partial charge in [0.1, 0.15) is 6.29 Å². The Labute approximate surface area is 113 Å². The van der Waals surface area contributed by atoms with Gasteiger partial charge in [0.05, 0.1) is 13.2 Å². The molecule has 0 spiro atoms. The number of hydrogen-bond donors (Lipinski definition) is 0. The fraction of sp³-hybridized carbons (Fsp3) is 1.00. The normalized spacial score (nSPS) is 15.9. The van der Waals surface area contributed by atoms with E-state index in [1.807, 2.05) is 13.8 Å². The first-order valence-corrected chi connectivity index (χ1v) is 8.80. The fourth-order valence-electron chi connectivity index (χ4n) is 1.89. The second kappa shape index (κ2) is 9.08. The standard InChI is InChI=1S/C13H30NO3P/c1-7-12(5)14(13(6)8-2)11-18(15,16-9-3)17-10-4/h12-13H,7-11H2,1-6H3. The van der Waals surface area contributed by atoms with Gasteiger partial charge in [0, 0.05) is 12.1 Å². The molecule has 2 unspecified atom stereocenters. The highest BCUT2D eigenvalue weighted by Crippen LogP contribution is 2.49. The lowest BCUT2D eigenvalue weighted by Crippen LogP contribution is -2.40. The van der Waals surface area contributed by atoms with Crippen LogP contribution in [-0.4, -0.2) is 36.5 Å². The quantitative estimate of drug-likeness (QED) is 0.564. The Morgan fingerprint density at radius 2 is 1.33 bits per heavy atom. The summed E-state index contributed by atoms with van der Waals surface area (Å²) in [6.07, 6.45) is 2.45. The third-order valence-corrected chi connectivity index (χ3v) is 5.28. The van der Waals surface area contributed by atoms with Crippen molar-refractivity contribution in [1.29, 1.82) is 0 Å². The molecule has 0 aliphatic carbocycles. The van der Waals surface area contributed by atoms with Crippen molar-refractivity contribution in [3.8, 4) is 0 Å². The van der Waals surface area contributed by atoms with Crippen LogP contribution in [0.3, 0.4) is 0 Å². The van der Waals surface area contributed by atoms with Gasteiger partial charge in [0.25, 0.3) is 0 Å². The van der Waals surface area contributed by atoms with E-state index in [4.69, 9.17) is 9.05 Å². The predicted octanol–water partition coefficient (Wildman–Crippen LogP) is 4.11. The van der Waals surface area contributed by atoms with Crippen LogP contribution in [0.25, 0.3) is 0 Å². The summed E-state index contributed by atoms with van der Waals surface area (Å²) in [7, 11) is -2.98. The van der Waals surface area contributed by atoms with Gasteiger partial charge >= 0.3 is 7.60 Å². The van der Waals surface area contributed by atoms with Crippen molar-refractivity contribution in [2.45, 2.75) is 66.5 Å². The maximum Gasteiger partial charge on any atom is 0.344 e. The molecule has 0 aromatic carbocycles. The van der Waals surface area contributed by atoms with Crippen LogP contribution in [0.4, 0.5) is 0 Å². The molecular formula is C13H30NO3P. The first-order chi connectivity index (χ1) is 8.44. The van der Waals surface area contributed by atoms with Gasteiger partial charge in [-0.15, -0.1) is 0 Å². The van der Waals surface area contributed by atoms with Crippen molar-refractivity contribution in [2.24, 2.45) is 0 Å². The summed E-state index contributed by atoms with van der Waals surface area (Å²) in [6.45, 7) is 13.2. The first kappa shape index (κ1) is 18.1. The molecule has 0 fully saturated rings. The third-order valence-electron chi connectivity index (χ3n) is 3.30. The van der Waals surface area contributed by atoms with Gasteiger partial charge in [-0.3, -0.25) is 9.46 Å². The molecule has 0 aliphatic rings. The molecular weight excluding hydrogens is 249 g/mol. The van der Waals surface area contributed by atoms with Crippen LogP contribution < -0.4 is 0 Å². The Bertz CT molecular complexity index is 241. The van der Waals surface area contributed by atoms with Gasteiger partial charge in [-0.2, -0.15) is 0 Å². The van der Waals surface area contributed by atoms with Crippen LogP contribution in [0.15, 0.2) is 0 Å². The second-order valence-corrected chi connectivity index (χ2v) is 6.64. The molecule has 0 N–H and O–H groups in total. The van der Waals surface area contributed by atoms with Crippen molar-refractivity contribution in [1.82, 2.24) is 4.90 Å². The molecule has 0 bridgehead atoms. The highest BCUT2D eigenvalue weighted by atomic mass is 31.2. The summed E-state index contributed by atoms with van der Waals surface area (Å²) in [5.41, 5.74) is 0. The number of rotatable bonds is 10. The molecule has 0 radical (unpaired) electrons. The van der Waals surface area contributed by atoms with Crippen molar-refractivity contribution in [3.63, 3.8) is 0 Å². The van der Waals surface area contributed by atoms with Crippen LogP contribution in [0.5, 0.6) is 0 Å². The Morgan fingerprint density at radius 3 is 1.61 bits per heavy atom. The lowest BCUT2D eigenvalue weighted by atomic mass is 10.1. The third kappa shape index (κ3) is 5.83. The van der Waals surface area contributed by atoms with E-state index >= 15 is 0 Å². The monoisotopic (exact) mass is 279 g/mol. The Kier molecular flexibility index (Phi) is 9.14. The Balaban J connectivity index is 4.85. The zero-order valence-electron chi connectivity index (χ0n) is 12.8. The van der Waals surface area contributed by atoms with E-state index in [-0.39, 0.29) is 0 Å². The van der Waals surface area contributed by atoms with Crippen molar-refractivity contribution >= 4 is 7.60 Å². The van der Waals surface area contributed by atoms with E-state index in [0.29, 0.717) is 31.6 Å². The molecule has 0 saturated carbocycles. The molecule has 2 atom stereocenters. The van der Waals surface area contributed by atoms with Crippen LogP contribution in [-0.2, 0) is 13.6 Å². The smallest absolute Gasteiger partial charge is 0.308 e. The molecule has 0 saturated heterocycles. The van der Waals surface area contributed by atoms with E-state index in [1.54, 1.807) is 0 Å². The highest BCUT2D eigenvalue weighted by molar-refractivity contribution is 7.53. The van der Waals surface area contributed by atoms with Crippen molar-refractivity contribution in [3.05, 3.63) is 0 Å². The van der Waals surface area contributed by atoms with E-state index in [2.05, 4.69) is 32.6 Å². The summed E-state index contributed by atoms with van der Waals surface area (Å²) < 4.78 is 23.3. The van der Waals surface area contributed by atoms with Gasteiger partial charge < -0.3 is 9.05 Å². The average molecular weight is 279 g/mol. The number of hydrogen-bond acceptors (Lipinski definition) is 4. The van der Waals surface area contributed by atoms with Crippen LogP contribution >= 0.6 is 7.60 Å². The number of nitrogens with zero attached hydrogens (tertiary/aromatic N) is 1. The Morgan fingerprint density at radius 1 is 0.944 bits per heavy atom. The van der Waals surface area contributed by atoms with Crippen LogP contribution in [0, 0.1) is 0 Å². The van der Waals surface area contributed by atoms with Gasteiger partial charge in [-0.1, -0.05) is 13.8 Å². The maximum atomic E-state index is 12.6. The molecule has 0 amide bonds. The van der Waals surface area contributed by atoms with E-state index in [9.17, 15) is 4.57 Å². The minimum atomic E-state index is -2.98. The molecule has 0 heterocycles. The topological polar surface area (TPSA) is 38.8 Å². The minimum absolute atomic E-state index is 0.384. The molecule has 0 rings (SSSR count). The maximum absolute atomic E-state index is 12.6. The summed E-state index contributed by atoms with van der Waals surface area (Å²) in [5.74, 6) is 0. The van der Waals surface area contributed by atoms with Gasteiger partial charge in [-0.25, -0.2) is 0 Å². The lowest BCUT2D eigenvalue weighted by molar-refractivity contribution is 0.141. The Hall–Kier alpha value is 0.110. The molecule has 110 valence electrons. The molecule has 0 aliphatic heterocycles. The molecule has 5 heteroatoms. The van der Waals surface area contributed by atoms with Crippen molar-refractivity contribution in [2.75, 3.05) is 19.5 Å². The lowest BCUT2D eigenvalue weighted by Gasteiger charge is -2.35. The molecule has 18 heavy (non-hydrogen) atoms. The van der Waals surface area contributed by atoms with E-state index in [0.717, 1.165) is 12.8 Å². The summed E-state index contributed by atoms with van der Waals surface area (Å²) in [6, 6.07) is 0.767. The SMILES string of the molecule is CCOP(=O)(CN(C(C)CC)C(C)CC)OCC. The zero-order chi connectivity index (χ0) is 14.2. The van der Waals surface area contributed by atoms with E-state index < -0.39 is 7.60 Å². The first-order valence-electron chi connectivity index (χ1n) is 7.07. The van der Waals surface area contributed by atoms with Gasteiger partial charge in [0.2, 0.25) is 0 Å². The summed E-state index contributed by atoms with van der Waals surface area (Å²) >= 11 is 0.